The summed E-state index contributed by atoms with van der Waals surface area (Å²) in [5.41, 5.74) is 0. The van der Waals surface area contributed by atoms with Gasteiger partial charge in [0.2, 0.25) is 0 Å². The minimum Gasteiger partial charge on any atom is -0.320 e. The number of halogens is 1. The Morgan fingerprint density at radius 1 is 1.40 bits per heavy atom. The second-order valence-corrected chi connectivity index (χ2v) is 1.90. The van der Waals surface area contributed by atoms with Gasteiger partial charge in [0.25, 0.3) is 0 Å². The van der Waals surface area contributed by atoms with E-state index in [-0.39, 0.29) is 0 Å². The molecule has 0 amide bonds. The van der Waals surface area contributed by atoms with Gasteiger partial charge in [-0.15, -0.1) is 0 Å². The molecular formula is C8H20FN. The van der Waals surface area contributed by atoms with E-state index in [2.05, 4.69) is 5.32 Å². The molecule has 0 aromatic heterocycles. The van der Waals surface area contributed by atoms with Gasteiger partial charge in [-0.25, -0.2) is 4.39 Å². The van der Waals surface area contributed by atoms with E-state index in [4.69, 9.17) is 0 Å². The van der Waals surface area contributed by atoms with Crippen molar-refractivity contribution in [3.63, 3.8) is 0 Å². The Morgan fingerprint density at radius 2 is 1.90 bits per heavy atom. The Morgan fingerprint density at radius 3 is 2.20 bits per heavy atom. The van der Waals surface area contributed by atoms with Crippen LogP contribution >= 0.6 is 0 Å². The van der Waals surface area contributed by atoms with E-state index in [0.29, 0.717) is 12.8 Å². The summed E-state index contributed by atoms with van der Waals surface area (Å²) in [7, 11) is 1.84. The smallest absolute Gasteiger partial charge is 0.101 e. The molecule has 10 heavy (non-hydrogen) atoms. The van der Waals surface area contributed by atoms with Gasteiger partial charge in [-0.1, -0.05) is 20.8 Å². The van der Waals surface area contributed by atoms with Gasteiger partial charge in [-0.3, -0.25) is 0 Å². The minimum atomic E-state index is -0.609. The molecular weight excluding hydrogens is 129 g/mol. The number of hydrogen-bond acceptors (Lipinski definition) is 1. The van der Waals surface area contributed by atoms with Crippen LogP contribution in [0.1, 0.15) is 33.6 Å². The minimum absolute atomic E-state index is 0.609. The first-order chi connectivity index (χ1) is 4.81. The summed E-state index contributed by atoms with van der Waals surface area (Å²) in [6, 6.07) is 0. The van der Waals surface area contributed by atoms with Gasteiger partial charge in [0, 0.05) is 0 Å². The highest BCUT2D eigenvalue weighted by Gasteiger charge is 1.99. The molecule has 0 aromatic carbocycles. The second kappa shape index (κ2) is 11.7. The van der Waals surface area contributed by atoms with Crippen LogP contribution in [0.25, 0.3) is 0 Å². The molecule has 1 N–H and O–H groups in total. The van der Waals surface area contributed by atoms with Crippen LogP contribution in [0.2, 0.25) is 0 Å². The number of alkyl halides is 1. The van der Waals surface area contributed by atoms with Crippen molar-refractivity contribution in [3.8, 4) is 0 Å². The zero-order valence-electron chi connectivity index (χ0n) is 7.58. The van der Waals surface area contributed by atoms with Crippen LogP contribution in [0, 0.1) is 0 Å². The van der Waals surface area contributed by atoms with Gasteiger partial charge in [0.05, 0.1) is 0 Å². The topological polar surface area (TPSA) is 12.0 Å². The lowest BCUT2D eigenvalue weighted by Crippen LogP contribution is -2.12. The molecule has 1 atom stereocenters. The lowest BCUT2D eigenvalue weighted by atomic mass is 10.2. The summed E-state index contributed by atoms with van der Waals surface area (Å²) in [6.45, 7) is 6.65. The lowest BCUT2D eigenvalue weighted by Gasteiger charge is -2.01. The van der Waals surface area contributed by atoms with Crippen LogP contribution in [-0.2, 0) is 0 Å². The molecule has 0 heterocycles. The molecule has 0 fully saturated rings. The average molecular weight is 149 g/mol. The highest BCUT2D eigenvalue weighted by molar-refractivity contribution is 4.52. The van der Waals surface area contributed by atoms with Crippen molar-refractivity contribution in [3.05, 3.63) is 0 Å². The van der Waals surface area contributed by atoms with Crippen LogP contribution in [0.5, 0.6) is 0 Å². The van der Waals surface area contributed by atoms with Crippen molar-refractivity contribution in [1.29, 1.82) is 0 Å². The third kappa shape index (κ3) is 10.8. The highest BCUT2D eigenvalue weighted by Crippen LogP contribution is 1.99. The van der Waals surface area contributed by atoms with Crippen molar-refractivity contribution < 1.29 is 4.39 Å². The van der Waals surface area contributed by atoms with Crippen LogP contribution in [-0.4, -0.2) is 19.8 Å². The third-order valence-corrected chi connectivity index (χ3v) is 1.15. The summed E-state index contributed by atoms with van der Waals surface area (Å²) in [6.07, 6.45) is 0.678. The van der Waals surface area contributed by atoms with Crippen molar-refractivity contribution in [2.24, 2.45) is 0 Å². The molecule has 0 spiro atoms. The van der Waals surface area contributed by atoms with Gasteiger partial charge >= 0.3 is 0 Å². The largest absolute Gasteiger partial charge is 0.320 e. The van der Waals surface area contributed by atoms with E-state index >= 15 is 0 Å². The number of nitrogens with one attached hydrogen (secondary N) is 1. The number of hydrogen-bond donors (Lipinski definition) is 1. The average Bonchev–Trinajstić information content (AvgIpc) is 2.04. The molecule has 2 heteroatoms. The van der Waals surface area contributed by atoms with Crippen LogP contribution in [0.15, 0.2) is 0 Å². The van der Waals surface area contributed by atoms with E-state index in [1.54, 1.807) is 0 Å². The lowest BCUT2D eigenvalue weighted by molar-refractivity contribution is 0.304. The molecule has 0 saturated heterocycles. The molecule has 0 bridgehead atoms. The van der Waals surface area contributed by atoms with Gasteiger partial charge in [0.1, 0.15) is 6.17 Å². The fourth-order valence-electron chi connectivity index (χ4n) is 0.505. The SMILES string of the molecule is CC.CCC(F)CCNC. The summed E-state index contributed by atoms with van der Waals surface area (Å²) >= 11 is 0. The van der Waals surface area contributed by atoms with Gasteiger partial charge in [0.15, 0.2) is 0 Å². The maximum absolute atomic E-state index is 12.3. The third-order valence-electron chi connectivity index (χ3n) is 1.15. The Bertz CT molecular complexity index is 48.5. The molecule has 0 radical (unpaired) electrons. The van der Waals surface area contributed by atoms with Gasteiger partial charge < -0.3 is 5.32 Å². The number of rotatable bonds is 4. The van der Waals surface area contributed by atoms with Crippen molar-refractivity contribution in [2.45, 2.75) is 39.8 Å². The summed E-state index contributed by atoms with van der Waals surface area (Å²) in [5, 5.41) is 2.89. The van der Waals surface area contributed by atoms with E-state index in [1.165, 1.54) is 0 Å². The molecule has 0 aliphatic carbocycles. The van der Waals surface area contributed by atoms with Gasteiger partial charge in [-0.2, -0.15) is 0 Å². The molecule has 64 valence electrons. The fourth-order valence-corrected chi connectivity index (χ4v) is 0.505. The molecule has 1 nitrogen and oxygen atoms in total. The first-order valence-corrected chi connectivity index (χ1v) is 4.10. The Labute approximate surface area is 64.0 Å². The maximum Gasteiger partial charge on any atom is 0.101 e. The zero-order chi connectivity index (χ0) is 8.41. The Hall–Kier alpha value is -0.110. The summed E-state index contributed by atoms with van der Waals surface area (Å²) in [5.74, 6) is 0. The predicted molar refractivity (Wildman–Crippen MR) is 45.1 cm³/mol. The van der Waals surface area contributed by atoms with Crippen molar-refractivity contribution >= 4 is 0 Å². The van der Waals surface area contributed by atoms with E-state index in [9.17, 15) is 4.39 Å². The monoisotopic (exact) mass is 149 g/mol. The quantitative estimate of drug-likeness (QED) is 0.647. The maximum atomic E-state index is 12.3. The molecule has 0 aliphatic heterocycles. The summed E-state index contributed by atoms with van der Waals surface area (Å²) < 4.78 is 12.3. The fraction of sp³-hybridized carbons (Fsp3) is 1.00. The predicted octanol–water partition coefficient (Wildman–Crippen LogP) is 2.37. The van der Waals surface area contributed by atoms with Gasteiger partial charge in [-0.05, 0) is 26.4 Å². The zero-order valence-corrected chi connectivity index (χ0v) is 7.58. The van der Waals surface area contributed by atoms with Crippen LogP contribution in [0.4, 0.5) is 4.39 Å². The van der Waals surface area contributed by atoms with Crippen molar-refractivity contribution in [2.75, 3.05) is 13.6 Å². The van der Waals surface area contributed by atoms with E-state index in [0.717, 1.165) is 6.54 Å². The Kier molecular flexibility index (Phi) is 14.6. The second-order valence-electron chi connectivity index (χ2n) is 1.90. The normalized spacial score (nSPS) is 11.7. The van der Waals surface area contributed by atoms with E-state index in [1.807, 2.05) is 27.8 Å². The van der Waals surface area contributed by atoms with Crippen LogP contribution in [0.3, 0.4) is 0 Å². The molecule has 0 rings (SSSR count). The van der Waals surface area contributed by atoms with Crippen LogP contribution < -0.4 is 5.32 Å². The highest BCUT2D eigenvalue weighted by atomic mass is 19.1. The Balaban J connectivity index is 0. The van der Waals surface area contributed by atoms with E-state index < -0.39 is 6.17 Å². The molecule has 0 aromatic rings. The summed E-state index contributed by atoms with van der Waals surface area (Å²) in [4.78, 5) is 0. The molecule has 1 unspecified atom stereocenters. The molecule has 0 saturated carbocycles. The van der Waals surface area contributed by atoms with Crippen molar-refractivity contribution in [1.82, 2.24) is 5.32 Å². The molecule has 0 aliphatic rings. The standard InChI is InChI=1S/C6H14FN.C2H6/c1-3-6(7)4-5-8-2;1-2/h6,8H,3-5H2,1-2H3;1-2H3. The first kappa shape index (κ1) is 12.6. The first-order valence-electron chi connectivity index (χ1n) is 4.10.